The van der Waals surface area contributed by atoms with Crippen molar-refractivity contribution in [2.45, 2.75) is 31.7 Å². The third-order valence-corrected chi connectivity index (χ3v) is 6.40. The fourth-order valence-electron chi connectivity index (χ4n) is 4.83. The van der Waals surface area contributed by atoms with Crippen LogP contribution in [0.1, 0.15) is 35.6 Å². The normalized spacial score (nSPS) is 21.5. The van der Waals surface area contributed by atoms with Crippen LogP contribution in [-0.4, -0.2) is 55.1 Å². The lowest BCUT2D eigenvalue weighted by atomic mass is 10.0. The summed E-state index contributed by atoms with van der Waals surface area (Å²) in [7, 11) is 0. The van der Waals surface area contributed by atoms with Gasteiger partial charge in [-0.05, 0) is 54.5 Å². The van der Waals surface area contributed by atoms with E-state index in [1.54, 1.807) is 0 Å². The molecule has 1 saturated heterocycles. The topological polar surface area (TPSA) is 42.0 Å². The van der Waals surface area contributed by atoms with Crippen molar-refractivity contribution in [2.75, 3.05) is 39.4 Å². The smallest absolute Gasteiger partial charge is 0.237 e. The zero-order chi connectivity index (χ0) is 19.6. The first-order valence-electron chi connectivity index (χ1n) is 10.8. The van der Waals surface area contributed by atoms with Gasteiger partial charge < -0.3 is 14.4 Å². The van der Waals surface area contributed by atoms with E-state index in [-0.39, 0.29) is 11.9 Å². The van der Waals surface area contributed by atoms with Gasteiger partial charge in [-0.25, -0.2) is 0 Å². The predicted molar refractivity (Wildman–Crippen MR) is 111 cm³/mol. The molecule has 0 radical (unpaired) electrons. The van der Waals surface area contributed by atoms with Crippen molar-refractivity contribution in [2.24, 2.45) is 0 Å². The molecule has 1 amide bonds. The average Bonchev–Trinajstić information content (AvgIpc) is 3.17. The summed E-state index contributed by atoms with van der Waals surface area (Å²) < 4.78 is 11.4. The second kappa shape index (κ2) is 8.07. The largest absolute Gasteiger partial charge is 0.486 e. The van der Waals surface area contributed by atoms with Crippen LogP contribution >= 0.6 is 0 Å². The van der Waals surface area contributed by atoms with Crippen LogP contribution in [0, 0.1) is 0 Å². The molecule has 0 N–H and O–H groups in total. The van der Waals surface area contributed by atoms with Gasteiger partial charge in [0.1, 0.15) is 13.2 Å². The van der Waals surface area contributed by atoms with Crippen molar-refractivity contribution >= 4 is 5.91 Å². The molecule has 0 saturated carbocycles. The van der Waals surface area contributed by atoms with Crippen molar-refractivity contribution in [3.8, 4) is 11.5 Å². The number of carbonyl (C=O) groups is 1. The summed E-state index contributed by atoms with van der Waals surface area (Å²) in [5.41, 5.74) is 4.01. The maximum absolute atomic E-state index is 13.2. The number of nitrogens with zero attached hydrogens (tertiary/aromatic N) is 2. The van der Waals surface area contributed by atoms with Crippen molar-refractivity contribution in [1.29, 1.82) is 0 Å². The van der Waals surface area contributed by atoms with Gasteiger partial charge in [-0.1, -0.05) is 30.3 Å². The highest BCUT2D eigenvalue weighted by molar-refractivity contribution is 5.79. The van der Waals surface area contributed by atoms with E-state index in [2.05, 4.69) is 46.2 Å². The van der Waals surface area contributed by atoms with Gasteiger partial charge in [0.15, 0.2) is 11.5 Å². The summed E-state index contributed by atoms with van der Waals surface area (Å²) in [6.07, 6.45) is 4.11. The molecule has 29 heavy (non-hydrogen) atoms. The number of rotatable bonds is 3. The predicted octanol–water partition coefficient (Wildman–Crippen LogP) is 3.22. The Kier molecular flexibility index (Phi) is 5.15. The first-order valence-corrected chi connectivity index (χ1v) is 10.8. The number of likely N-dealkylation sites (tertiary alicyclic amines) is 1. The number of amides is 1. The lowest BCUT2D eigenvalue weighted by Gasteiger charge is -2.29. The van der Waals surface area contributed by atoms with E-state index in [0.717, 1.165) is 62.4 Å². The standard InChI is InChI=1S/C24H28N2O3/c27-24(17-25-12-9-18-4-1-2-5-19(18)10-13-25)26-11-3-6-21(26)20-7-8-22-23(16-20)29-15-14-28-22/h1-2,4-5,7-8,16,21H,3,6,9-15,17H2. The van der Waals surface area contributed by atoms with Crippen LogP contribution < -0.4 is 9.47 Å². The van der Waals surface area contributed by atoms with Crippen LogP contribution in [-0.2, 0) is 17.6 Å². The molecular formula is C24H28N2O3. The van der Waals surface area contributed by atoms with E-state index in [1.165, 1.54) is 11.1 Å². The van der Waals surface area contributed by atoms with Gasteiger partial charge in [-0.3, -0.25) is 9.69 Å². The van der Waals surface area contributed by atoms with Gasteiger partial charge in [-0.15, -0.1) is 0 Å². The Labute approximate surface area is 172 Å². The van der Waals surface area contributed by atoms with Crippen LogP contribution in [0.2, 0.25) is 0 Å². The fraction of sp³-hybridized carbons (Fsp3) is 0.458. The first-order chi connectivity index (χ1) is 14.3. The average molecular weight is 392 g/mol. The molecular weight excluding hydrogens is 364 g/mol. The number of benzene rings is 2. The second-order valence-electron chi connectivity index (χ2n) is 8.19. The van der Waals surface area contributed by atoms with E-state index in [9.17, 15) is 4.79 Å². The summed E-state index contributed by atoms with van der Waals surface area (Å²) in [6.45, 7) is 4.43. The van der Waals surface area contributed by atoms with Gasteiger partial charge in [0.05, 0.1) is 12.6 Å². The molecule has 0 spiro atoms. The summed E-state index contributed by atoms with van der Waals surface area (Å²) >= 11 is 0. The minimum absolute atomic E-state index is 0.141. The lowest BCUT2D eigenvalue weighted by Crippen LogP contribution is -2.41. The van der Waals surface area contributed by atoms with E-state index >= 15 is 0 Å². The number of ether oxygens (including phenoxy) is 2. The highest BCUT2D eigenvalue weighted by atomic mass is 16.6. The third kappa shape index (κ3) is 3.84. The third-order valence-electron chi connectivity index (χ3n) is 6.40. The number of hydrogen-bond acceptors (Lipinski definition) is 4. The first kappa shape index (κ1) is 18.5. The quantitative estimate of drug-likeness (QED) is 0.804. The van der Waals surface area contributed by atoms with Gasteiger partial charge in [0.2, 0.25) is 5.91 Å². The Morgan fingerprint density at radius 2 is 1.66 bits per heavy atom. The van der Waals surface area contributed by atoms with Crippen molar-refractivity contribution in [3.05, 3.63) is 59.2 Å². The molecule has 0 bridgehead atoms. The van der Waals surface area contributed by atoms with E-state index in [0.29, 0.717) is 19.8 Å². The van der Waals surface area contributed by atoms with Crippen LogP contribution in [0.5, 0.6) is 11.5 Å². The summed E-state index contributed by atoms with van der Waals surface area (Å²) in [6, 6.07) is 14.9. The minimum Gasteiger partial charge on any atom is -0.486 e. The SMILES string of the molecule is O=C(CN1CCc2ccccc2CC1)N1CCCC1c1ccc2c(c1)OCCO2. The fourth-order valence-corrected chi connectivity index (χ4v) is 4.83. The van der Waals surface area contributed by atoms with Crippen molar-refractivity contribution in [3.63, 3.8) is 0 Å². The molecule has 1 atom stereocenters. The van der Waals surface area contributed by atoms with Crippen LogP contribution in [0.3, 0.4) is 0 Å². The van der Waals surface area contributed by atoms with Crippen LogP contribution in [0.25, 0.3) is 0 Å². The van der Waals surface area contributed by atoms with Gasteiger partial charge in [-0.2, -0.15) is 0 Å². The second-order valence-corrected chi connectivity index (χ2v) is 8.19. The van der Waals surface area contributed by atoms with E-state index < -0.39 is 0 Å². The summed E-state index contributed by atoms with van der Waals surface area (Å²) in [5.74, 6) is 1.85. The molecule has 1 unspecified atom stereocenters. The maximum atomic E-state index is 13.2. The number of fused-ring (bicyclic) bond motifs is 2. The van der Waals surface area contributed by atoms with Crippen molar-refractivity contribution in [1.82, 2.24) is 9.80 Å². The number of carbonyl (C=O) groups excluding carboxylic acids is 1. The summed E-state index contributed by atoms with van der Waals surface area (Å²) in [4.78, 5) is 17.6. The Morgan fingerprint density at radius 3 is 2.41 bits per heavy atom. The Bertz CT molecular complexity index is 870. The molecule has 2 aromatic rings. The molecule has 1 fully saturated rings. The highest BCUT2D eigenvalue weighted by Crippen LogP contribution is 2.38. The number of hydrogen-bond donors (Lipinski definition) is 0. The molecule has 2 aromatic carbocycles. The molecule has 3 heterocycles. The zero-order valence-electron chi connectivity index (χ0n) is 16.8. The Morgan fingerprint density at radius 1 is 0.931 bits per heavy atom. The minimum atomic E-state index is 0.141. The van der Waals surface area contributed by atoms with E-state index in [4.69, 9.17) is 9.47 Å². The van der Waals surface area contributed by atoms with Crippen LogP contribution in [0.4, 0.5) is 0 Å². The molecule has 0 aromatic heterocycles. The molecule has 5 nitrogen and oxygen atoms in total. The lowest BCUT2D eigenvalue weighted by molar-refractivity contribution is -0.133. The highest BCUT2D eigenvalue weighted by Gasteiger charge is 2.31. The van der Waals surface area contributed by atoms with Gasteiger partial charge in [0.25, 0.3) is 0 Å². The van der Waals surface area contributed by atoms with E-state index in [1.807, 2.05) is 6.07 Å². The monoisotopic (exact) mass is 392 g/mol. The molecule has 5 heteroatoms. The summed E-state index contributed by atoms with van der Waals surface area (Å²) in [5, 5.41) is 0. The molecule has 5 rings (SSSR count). The van der Waals surface area contributed by atoms with Crippen molar-refractivity contribution < 1.29 is 14.3 Å². The van der Waals surface area contributed by atoms with Crippen LogP contribution in [0.15, 0.2) is 42.5 Å². The molecule has 3 aliphatic rings. The molecule has 152 valence electrons. The maximum Gasteiger partial charge on any atom is 0.237 e. The van der Waals surface area contributed by atoms with Gasteiger partial charge in [0, 0.05) is 19.6 Å². The molecule has 3 aliphatic heterocycles. The Balaban J connectivity index is 1.26. The molecule has 0 aliphatic carbocycles. The van der Waals surface area contributed by atoms with Gasteiger partial charge >= 0.3 is 0 Å². The Hall–Kier alpha value is -2.53. The zero-order valence-corrected chi connectivity index (χ0v) is 16.8.